The van der Waals surface area contributed by atoms with E-state index in [0.29, 0.717) is 0 Å². The Morgan fingerprint density at radius 1 is 0.327 bits per heavy atom. The Morgan fingerprint density at radius 3 is 1.63 bits per heavy atom. The van der Waals surface area contributed by atoms with Gasteiger partial charge in [-0.2, -0.15) is 0 Å². The maximum atomic E-state index is 2.42. The molecule has 0 radical (unpaired) electrons. The molecule has 52 heavy (non-hydrogen) atoms. The van der Waals surface area contributed by atoms with Crippen molar-refractivity contribution in [2.24, 2.45) is 0 Å². The van der Waals surface area contributed by atoms with Crippen LogP contribution in [0.5, 0.6) is 0 Å². The fourth-order valence-corrected chi connectivity index (χ4v) is 7.88. The Kier molecular flexibility index (Phi) is 7.18. The summed E-state index contributed by atoms with van der Waals surface area (Å²) in [6.07, 6.45) is 0. The van der Waals surface area contributed by atoms with Crippen molar-refractivity contribution >= 4 is 60.4 Å². The van der Waals surface area contributed by atoms with Gasteiger partial charge in [0.25, 0.3) is 0 Å². The fourth-order valence-electron chi connectivity index (χ4n) is 7.88. The van der Waals surface area contributed by atoms with E-state index in [-0.39, 0.29) is 0 Å². The predicted molar refractivity (Wildman–Crippen MR) is 221 cm³/mol. The average molecular weight is 663 g/mol. The van der Waals surface area contributed by atoms with Crippen molar-refractivity contribution in [1.29, 1.82) is 0 Å². The topological polar surface area (TPSA) is 8.17 Å². The molecule has 10 aromatic rings. The molecule has 0 aliphatic rings. The number of fused-ring (bicyclic) bond motifs is 5. The summed E-state index contributed by atoms with van der Waals surface area (Å²) < 4.78 is 2.42. The Balaban J connectivity index is 1.20. The molecule has 10 rings (SSSR count). The summed E-state index contributed by atoms with van der Waals surface area (Å²) in [6, 6.07) is 74.8. The molecule has 2 heteroatoms. The van der Waals surface area contributed by atoms with E-state index in [9.17, 15) is 0 Å². The van der Waals surface area contributed by atoms with Crippen LogP contribution in [0.15, 0.2) is 206 Å². The summed E-state index contributed by atoms with van der Waals surface area (Å²) in [5.41, 5.74) is 11.7. The second-order valence-corrected chi connectivity index (χ2v) is 13.4. The molecule has 0 aliphatic heterocycles. The number of hydrogen-bond acceptors (Lipinski definition) is 1. The van der Waals surface area contributed by atoms with E-state index in [1.54, 1.807) is 0 Å². The quantitative estimate of drug-likeness (QED) is 0.172. The molecule has 0 spiro atoms. The molecular weight excluding hydrogens is 629 g/mol. The summed E-state index contributed by atoms with van der Waals surface area (Å²) in [5, 5.41) is 7.43. The zero-order valence-electron chi connectivity index (χ0n) is 28.5. The van der Waals surface area contributed by atoms with Crippen LogP contribution in [0.4, 0.5) is 17.1 Å². The lowest BCUT2D eigenvalue weighted by atomic mass is 9.97. The van der Waals surface area contributed by atoms with Crippen LogP contribution in [0.2, 0.25) is 0 Å². The molecule has 1 heterocycles. The molecule has 0 bridgehead atoms. The number of anilines is 3. The fraction of sp³-hybridized carbons (Fsp3) is 0. The van der Waals surface area contributed by atoms with Crippen LogP contribution in [-0.2, 0) is 0 Å². The van der Waals surface area contributed by atoms with Crippen LogP contribution in [0.1, 0.15) is 0 Å². The van der Waals surface area contributed by atoms with E-state index in [4.69, 9.17) is 0 Å². The van der Waals surface area contributed by atoms with Crippen molar-refractivity contribution in [3.8, 4) is 27.9 Å². The first kappa shape index (κ1) is 30.0. The second kappa shape index (κ2) is 12.5. The molecule has 0 amide bonds. The van der Waals surface area contributed by atoms with Gasteiger partial charge in [0.2, 0.25) is 0 Å². The Hall–Kier alpha value is -6.90. The first-order valence-electron chi connectivity index (χ1n) is 17.8. The lowest BCUT2D eigenvalue weighted by Gasteiger charge is -2.27. The third-order valence-corrected chi connectivity index (χ3v) is 10.3. The monoisotopic (exact) mass is 662 g/mol. The molecule has 0 atom stereocenters. The minimum atomic E-state index is 1.10. The van der Waals surface area contributed by atoms with Crippen LogP contribution in [0.3, 0.4) is 0 Å². The van der Waals surface area contributed by atoms with E-state index in [2.05, 4.69) is 216 Å². The molecule has 0 N–H and O–H groups in total. The van der Waals surface area contributed by atoms with Gasteiger partial charge in [0, 0.05) is 33.5 Å². The van der Waals surface area contributed by atoms with Gasteiger partial charge in [-0.1, -0.05) is 140 Å². The van der Waals surface area contributed by atoms with Gasteiger partial charge < -0.3 is 9.47 Å². The van der Waals surface area contributed by atoms with Crippen LogP contribution < -0.4 is 4.90 Å². The third kappa shape index (κ3) is 5.12. The standard InChI is InChI=1S/C50H34N2/c1-3-14-35(15-4-1)38-20-11-24-43(30-38)51(45-29-28-36-16-7-8-17-37(36)31-45)44-25-12-21-41(32-44)46-26-13-27-48-50(46)47-33-39-18-9-10-19-40(39)34-49(47)52(48)42-22-5-2-6-23-42/h1-34H. The highest BCUT2D eigenvalue weighted by Gasteiger charge is 2.19. The summed E-state index contributed by atoms with van der Waals surface area (Å²) in [4.78, 5) is 2.39. The number of aromatic nitrogens is 1. The highest BCUT2D eigenvalue weighted by atomic mass is 15.1. The summed E-state index contributed by atoms with van der Waals surface area (Å²) in [7, 11) is 0. The normalized spacial score (nSPS) is 11.5. The first-order valence-corrected chi connectivity index (χ1v) is 17.8. The van der Waals surface area contributed by atoms with E-state index in [1.807, 2.05) is 0 Å². The van der Waals surface area contributed by atoms with Crippen molar-refractivity contribution in [3.05, 3.63) is 206 Å². The number of hydrogen-bond donors (Lipinski definition) is 0. The molecule has 1 aromatic heterocycles. The van der Waals surface area contributed by atoms with Crippen molar-refractivity contribution < 1.29 is 0 Å². The SMILES string of the molecule is c1ccc(-c2cccc(N(c3cccc(-c4cccc5c4c4cc6ccccc6cc4n5-c4ccccc4)c3)c3ccc4ccccc4c3)c2)cc1. The summed E-state index contributed by atoms with van der Waals surface area (Å²) in [6.45, 7) is 0. The maximum absolute atomic E-state index is 2.42. The van der Waals surface area contributed by atoms with Gasteiger partial charge >= 0.3 is 0 Å². The van der Waals surface area contributed by atoms with Gasteiger partial charge in [0.1, 0.15) is 0 Å². The van der Waals surface area contributed by atoms with E-state index in [1.165, 1.54) is 65.6 Å². The van der Waals surface area contributed by atoms with Crippen molar-refractivity contribution in [3.63, 3.8) is 0 Å². The molecule has 244 valence electrons. The Bertz CT molecular complexity index is 2900. The average Bonchev–Trinajstić information content (AvgIpc) is 3.54. The lowest BCUT2D eigenvalue weighted by molar-refractivity contribution is 1.18. The summed E-state index contributed by atoms with van der Waals surface area (Å²) in [5.74, 6) is 0. The minimum Gasteiger partial charge on any atom is -0.310 e. The molecule has 0 aliphatic carbocycles. The largest absolute Gasteiger partial charge is 0.310 e. The first-order chi connectivity index (χ1) is 25.8. The highest BCUT2D eigenvalue weighted by molar-refractivity contribution is 6.18. The number of rotatable bonds is 6. The van der Waals surface area contributed by atoms with Crippen molar-refractivity contribution in [2.45, 2.75) is 0 Å². The zero-order chi connectivity index (χ0) is 34.4. The maximum Gasteiger partial charge on any atom is 0.0547 e. The van der Waals surface area contributed by atoms with Crippen molar-refractivity contribution in [2.75, 3.05) is 4.90 Å². The van der Waals surface area contributed by atoms with Crippen LogP contribution in [-0.4, -0.2) is 4.57 Å². The third-order valence-electron chi connectivity index (χ3n) is 10.3. The lowest BCUT2D eigenvalue weighted by Crippen LogP contribution is -2.10. The molecule has 2 nitrogen and oxygen atoms in total. The smallest absolute Gasteiger partial charge is 0.0547 e. The highest BCUT2D eigenvalue weighted by Crippen LogP contribution is 2.43. The Labute approximate surface area is 303 Å². The molecule has 0 unspecified atom stereocenters. The number of benzene rings is 9. The van der Waals surface area contributed by atoms with Gasteiger partial charge in [0.05, 0.1) is 11.0 Å². The van der Waals surface area contributed by atoms with Crippen LogP contribution in [0, 0.1) is 0 Å². The second-order valence-electron chi connectivity index (χ2n) is 13.4. The molecule has 0 fully saturated rings. The van der Waals surface area contributed by atoms with Gasteiger partial charge in [0.15, 0.2) is 0 Å². The van der Waals surface area contributed by atoms with E-state index < -0.39 is 0 Å². The van der Waals surface area contributed by atoms with Gasteiger partial charge in [-0.15, -0.1) is 0 Å². The van der Waals surface area contributed by atoms with E-state index in [0.717, 1.165) is 22.7 Å². The predicted octanol–water partition coefficient (Wildman–Crippen LogP) is 13.9. The number of nitrogens with zero attached hydrogens (tertiary/aromatic N) is 2. The van der Waals surface area contributed by atoms with Crippen LogP contribution in [0.25, 0.3) is 71.3 Å². The molecule has 0 saturated carbocycles. The van der Waals surface area contributed by atoms with Gasteiger partial charge in [-0.05, 0) is 111 Å². The minimum absolute atomic E-state index is 1.10. The molecule has 0 saturated heterocycles. The Morgan fingerprint density at radius 2 is 0.885 bits per heavy atom. The molecule has 9 aromatic carbocycles. The van der Waals surface area contributed by atoms with Gasteiger partial charge in [-0.25, -0.2) is 0 Å². The summed E-state index contributed by atoms with van der Waals surface area (Å²) >= 11 is 0. The van der Waals surface area contributed by atoms with Crippen molar-refractivity contribution in [1.82, 2.24) is 4.57 Å². The molecular formula is C50H34N2. The van der Waals surface area contributed by atoms with Crippen LogP contribution >= 0.6 is 0 Å². The zero-order valence-corrected chi connectivity index (χ0v) is 28.5. The number of para-hydroxylation sites is 1. The van der Waals surface area contributed by atoms with E-state index >= 15 is 0 Å². The van der Waals surface area contributed by atoms with Gasteiger partial charge in [-0.3, -0.25) is 0 Å².